The number of methoxy groups -OCH3 is 1. The summed E-state index contributed by atoms with van der Waals surface area (Å²) in [4.78, 5) is 0. The summed E-state index contributed by atoms with van der Waals surface area (Å²) < 4.78 is 13.8. The van der Waals surface area contributed by atoms with Gasteiger partial charge in [-0.05, 0) is 60.9 Å². The number of benzene rings is 2. The zero-order valence-electron chi connectivity index (χ0n) is 14.5. The fraction of sp³-hybridized carbons (Fsp3) is 0.333. The van der Waals surface area contributed by atoms with Crippen molar-refractivity contribution in [3.05, 3.63) is 53.7 Å². The van der Waals surface area contributed by atoms with E-state index in [1.807, 2.05) is 24.3 Å². The van der Waals surface area contributed by atoms with Crippen LogP contribution in [0.3, 0.4) is 0 Å². The van der Waals surface area contributed by atoms with Gasteiger partial charge in [0.1, 0.15) is 23.3 Å². The Morgan fingerprint density at radius 3 is 2.68 bits per heavy atom. The van der Waals surface area contributed by atoms with Gasteiger partial charge < -0.3 is 19.4 Å². The van der Waals surface area contributed by atoms with Crippen LogP contribution in [-0.4, -0.2) is 18.2 Å². The molecule has 2 heterocycles. The first-order chi connectivity index (χ1) is 12.3. The lowest BCUT2D eigenvalue weighted by molar-refractivity contribution is -0.704. The van der Waals surface area contributed by atoms with Gasteiger partial charge in [0.15, 0.2) is 0 Å². The average Bonchev–Trinajstić information content (AvgIpc) is 2.98. The van der Waals surface area contributed by atoms with Crippen molar-refractivity contribution in [3.63, 3.8) is 0 Å². The van der Waals surface area contributed by atoms with E-state index in [0.717, 1.165) is 23.8 Å². The number of quaternary nitrogens is 1. The van der Waals surface area contributed by atoms with E-state index in [-0.39, 0.29) is 0 Å². The summed E-state index contributed by atoms with van der Waals surface area (Å²) in [6.07, 6.45) is 3.78. The predicted molar refractivity (Wildman–Crippen MR) is 97.5 cm³/mol. The third-order valence-electron chi connectivity index (χ3n) is 5.58. The van der Waals surface area contributed by atoms with Gasteiger partial charge >= 0.3 is 0 Å². The van der Waals surface area contributed by atoms with Crippen molar-refractivity contribution in [1.82, 2.24) is 4.57 Å². The van der Waals surface area contributed by atoms with E-state index in [2.05, 4.69) is 28.1 Å². The van der Waals surface area contributed by atoms with Crippen molar-refractivity contribution in [2.45, 2.75) is 31.8 Å². The number of aromatic nitrogens is 1. The second-order valence-electron chi connectivity index (χ2n) is 7.00. The molecule has 128 valence electrons. The number of nitrogens with two attached hydrogens (primary N) is 1. The first kappa shape index (κ1) is 14.8. The predicted octanol–water partition coefficient (Wildman–Crippen LogP) is 3.40. The van der Waals surface area contributed by atoms with Crippen LogP contribution < -0.4 is 14.8 Å². The minimum Gasteiger partial charge on any atom is -0.497 e. The lowest BCUT2D eigenvalue weighted by Gasteiger charge is -2.27. The summed E-state index contributed by atoms with van der Waals surface area (Å²) in [6.45, 7) is 2.30. The molecule has 0 spiro atoms. The Morgan fingerprint density at radius 1 is 1.04 bits per heavy atom. The van der Waals surface area contributed by atoms with Crippen LogP contribution in [0.1, 0.15) is 30.1 Å². The van der Waals surface area contributed by atoms with Gasteiger partial charge in [0.25, 0.3) is 0 Å². The molecule has 1 aliphatic carbocycles. The van der Waals surface area contributed by atoms with Crippen LogP contribution in [0.5, 0.6) is 17.2 Å². The van der Waals surface area contributed by atoms with Gasteiger partial charge in [-0.15, -0.1) is 0 Å². The highest BCUT2D eigenvalue weighted by Gasteiger charge is 2.32. The SMILES string of the molecule is COc1ccc(Oc2ccc3c(c2)c2c4n3CC[NH2+][C@@H]4CCC2)cc1. The highest BCUT2D eigenvalue weighted by Crippen LogP contribution is 2.38. The smallest absolute Gasteiger partial charge is 0.128 e. The molecule has 0 unspecified atom stereocenters. The zero-order chi connectivity index (χ0) is 16.8. The summed E-state index contributed by atoms with van der Waals surface area (Å²) in [6, 6.07) is 14.9. The third kappa shape index (κ3) is 2.40. The normalized spacial score (nSPS) is 18.8. The Kier molecular flexibility index (Phi) is 3.45. The lowest BCUT2D eigenvalue weighted by atomic mass is 9.91. The van der Waals surface area contributed by atoms with E-state index >= 15 is 0 Å². The minimum atomic E-state index is 0.649. The second kappa shape index (κ2) is 5.81. The molecular formula is C21H23N2O2+. The van der Waals surface area contributed by atoms with Crippen LogP contribution in [0, 0.1) is 0 Å². The molecule has 4 heteroatoms. The van der Waals surface area contributed by atoms with Crippen molar-refractivity contribution >= 4 is 10.9 Å². The maximum Gasteiger partial charge on any atom is 0.128 e. The molecule has 1 aromatic heterocycles. The number of hydrogen-bond donors (Lipinski definition) is 1. The summed E-state index contributed by atoms with van der Waals surface area (Å²) in [5.74, 6) is 2.58. The van der Waals surface area contributed by atoms with Gasteiger partial charge in [-0.1, -0.05) is 0 Å². The molecular weight excluding hydrogens is 312 g/mol. The molecule has 2 N–H and O–H groups in total. The molecule has 2 aliphatic rings. The quantitative estimate of drug-likeness (QED) is 0.797. The number of rotatable bonds is 3. The van der Waals surface area contributed by atoms with Crippen molar-refractivity contribution in [3.8, 4) is 17.2 Å². The summed E-state index contributed by atoms with van der Waals surface area (Å²) >= 11 is 0. The van der Waals surface area contributed by atoms with E-state index in [1.165, 1.54) is 36.7 Å². The molecule has 2 aromatic carbocycles. The van der Waals surface area contributed by atoms with E-state index < -0.39 is 0 Å². The molecule has 0 saturated carbocycles. The van der Waals surface area contributed by atoms with E-state index in [0.29, 0.717) is 6.04 Å². The summed E-state index contributed by atoms with van der Waals surface area (Å²) in [5, 5.41) is 3.90. The van der Waals surface area contributed by atoms with Crippen molar-refractivity contribution in [2.24, 2.45) is 0 Å². The summed E-state index contributed by atoms with van der Waals surface area (Å²) in [5.41, 5.74) is 4.48. The van der Waals surface area contributed by atoms with Crippen LogP contribution in [0.2, 0.25) is 0 Å². The van der Waals surface area contributed by atoms with Gasteiger partial charge in [-0.3, -0.25) is 0 Å². The molecule has 1 atom stereocenters. The Hall–Kier alpha value is -2.46. The molecule has 0 amide bonds. The maximum absolute atomic E-state index is 6.09. The van der Waals surface area contributed by atoms with E-state index in [1.54, 1.807) is 18.4 Å². The minimum absolute atomic E-state index is 0.649. The van der Waals surface area contributed by atoms with Crippen molar-refractivity contribution < 1.29 is 14.8 Å². The van der Waals surface area contributed by atoms with Crippen LogP contribution >= 0.6 is 0 Å². The topological polar surface area (TPSA) is 40.0 Å². The number of nitrogens with zero attached hydrogens (tertiary/aromatic N) is 1. The van der Waals surface area contributed by atoms with Gasteiger partial charge in [-0.2, -0.15) is 0 Å². The van der Waals surface area contributed by atoms with E-state index in [9.17, 15) is 0 Å². The van der Waals surface area contributed by atoms with Crippen molar-refractivity contribution in [2.75, 3.05) is 13.7 Å². The monoisotopic (exact) mass is 335 g/mol. The number of hydrogen-bond acceptors (Lipinski definition) is 2. The molecule has 25 heavy (non-hydrogen) atoms. The average molecular weight is 335 g/mol. The van der Waals surface area contributed by atoms with Crippen LogP contribution in [0.4, 0.5) is 0 Å². The lowest BCUT2D eigenvalue weighted by Crippen LogP contribution is -2.88. The second-order valence-corrected chi connectivity index (χ2v) is 7.00. The van der Waals surface area contributed by atoms with Gasteiger partial charge in [-0.25, -0.2) is 0 Å². The zero-order valence-corrected chi connectivity index (χ0v) is 14.5. The molecule has 1 aliphatic heterocycles. The first-order valence-corrected chi connectivity index (χ1v) is 9.14. The standard InChI is InChI=1S/C21H22N2O2/c1-24-14-5-7-15(8-6-14)25-16-9-10-20-18(13-16)17-3-2-4-19-21(17)23(20)12-11-22-19/h5-10,13,19,22H,2-4,11-12H2,1H3/p+1/t19-/m1/s1. The fourth-order valence-electron chi connectivity index (χ4n) is 4.46. The fourth-order valence-corrected chi connectivity index (χ4v) is 4.46. The van der Waals surface area contributed by atoms with E-state index in [4.69, 9.17) is 9.47 Å². The maximum atomic E-state index is 6.09. The van der Waals surface area contributed by atoms with Gasteiger partial charge in [0.05, 0.1) is 25.9 Å². The highest BCUT2D eigenvalue weighted by molar-refractivity contribution is 5.87. The molecule has 0 saturated heterocycles. The molecule has 0 bridgehead atoms. The number of aryl methyl sites for hydroxylation is 1. The molecule has 0 radical (unpaired) electrons. The molecule has 0 fully saturated rings. The van der Waals surface area contributed by atoms with Gasteiger partial charge in [0.2, 0.25) is 0 Å². The Morgan fingerprint density at radius 2 is 1.84 bits per heavy atom. The Bertz CT molecular complexity index is 925. The van der Waals surface area contributed by atoms with Crippen LogP contribution in [0.15, 0.2) is 42.5 Å². The third-order valence-corrected chi connectivity index (χ3v) is 5.58. The molecule has 4 nitrogen and oxygen atoms in total. The molecule has 5 rings (SSSR count). The number of ether oxygens (including phenoxy) is 2. The first-order valence-electron chi connectivity index (χ1n) is 9.14. The molecule has 3 aromatic rings. The largest absolute Gasteiger partial charge is 0.497 e. The highest BCUT2D eigenvalue weighted by atomic mass is 16.5. The number of fused-ring (bicyclic) bond motifs is 3. The van der Waals surface area contributed by atoms with Crippen molar-refractivity contribution in [1.29, 1.82) is 0 Å². The van der Waals surface area contributed by atoms with Gasteiger partial charge in [0, 0.05) is 17.3 Å². The Labute approximate surface area is 147 Å². The van der Waals surface area contributed by atoms with Crippen LogP contribution in [-0.2, 0) is 13.0 Å². The summed E-state index contributed by atoms with van der Waals surface area (Å²) in [7, 11) is 1.68. The van der Waals surface area contributed by atoms with Crippen LogP contribution in [0.25, 0.3) is 10.9 Å². The Balaban J connectivity index is 1.55.